The van der Waals surface area contributed by atoms with Crippen LogP contribution in [0, 0.1) is 5.92 Å². The van der Waals surface area contributed by atoms with Gasteiger partial charge in [-0.3, -0.25) is 13.9 Å². The number of amides is 2. The zero-order valence-electron chi connectivity index (χ0n) is 25.6. The minimum atomic E-state index is -4.21. The van der Waals surface area contributed by atoms with Gasteiger partial charge in [-0.25, -0.2) is 8.42 Å². The molecule has 0 bridgehead atoms. The number of benzene rings is 4. The number of rotatable bonds is 14. The quantitative estimate of drug-likeness (QED) is 0.182. The Morgan fingerprint density at radius 3 is 2.16 bits per heavy atom. The molecule has 8 nitrogen and oxygen atoms in total. The molecule has 10 heteroatoms. The molecule has 0 aliphatic carbocycles. The van der Waals surface area contributed by atoms with Crippen molar-refractivity contribution >= 4 is 39.1 Å². The van der Waals surface area contributed by atoms with Crippen LogP contribution >= 0.6 is 11.6 Å². The Balaban J connectivity index is 1.81. The van der Waals surface area contributed by atoms with E-state index in [1.54, 1.807) is 66.7 Å². The highest BCUT2D eigenvalue weighted by atomic mass is 35.5. The molecular formula is C35H38ClN3O5S. The summed E-state index contributed by atoms with van der Waals surface area (Å²) in [6.45, 7) is 3.80. The van der Waals surface area contributed by atoms with Crippen LogP contribution in [0.4, 0.5) is 5.69 Å². The second kappa shape index (κ2) is 15.6. The normalized spacial score (nSPS) is 11.9. The fraction of sp³-hybridized carbons (Fsp3) is 0.257. The van der Waals surface area contributed by atoms with Crippen LogP contribution in [0.5, 0.6) is 5.75 Å². The number of nitrogens with one attached hydrogen (secondary N) is 1. The molecular weight excluding hydrogens is 610 g/mol. The molecule has 1 N–H and O–H groups in total. The molecule has 0 aromatic heterocycles. The van der Waals surface area contributed by atoms with Crippen molar-refractivity contribution in [1.82, 2.24) is 10.2 Å². The van der Waals surface area contributed by atoms with Gasteiger partial charge < -0.3 is 15.0 Å². The van der Waals surface area contributed by atoms with Crippen molar-refractivity contribution in [2.45, 2.75) is 37.8 Å². The summed E-state index contributed by atoms with van der Waals surface area (Å²) in [6, 6.07) is 30.0. The molecule has 0 heterocycles. The second-order valence-corrected chi connectivity index (χ2v) is 13.3. The summed E-state index contributed by atoms with van der Waals surface area (Å²) in [6.07, 6.45) is 0.214. The Morgan fingerprint density at radius 1 is 0.867 bits per heavy atom. The predicted molar refractivity (Wildman–Crippen MR) is 178 cm³/mol. The van der Waals surface area contributed by atoms with Crippen molar-refractivity contribution in [2.75, 3.05) is 24.5 Å². The van der Waals surface area contributed by atoms with Crippen LogP contribution in [0.3, 0.4) is 0 Å². The summed E-state index contributed by atoms with van der Waals surface area (Å²) in [4.78, 5) is 29.8. The number of nitrogens with zero attached hydrogens (tertiary/aromatic N) is 2. The highest BCUT2D eigenvalue weighted by Crippen LogP contribution is 2.28. The molecule has 2 amide bonds. The summed E-state index contributed by atoms with van der Waals surface area (Å²) in [5.74, 6) is -0.306. The molecule has 4 aromatic carbocycles. The van der Waals surface area contributed by atoms with Gasteiger partial charge in [0.25, 0.3) is 10.0 Å². The van der Waals surface area contributed by atoms with Crippen molar-refractivity contribution in [3.63, 3.8) is 0 Å². The van der Waals surface area contributed by atoms with Crippen molar-refractivity contribution < 1.29 is 22.7 Å². The number of hydrogen-bond donors (Lipinski definition) is 1. The molecule has 0 unspecified atom stereocenters. The maximum Gasteiger partial charge on any atom is 0.264 e. The van der Waals surface area contributed by atoms with E-state index in [2.05, 4.69) is 5.32 Å². The number of anilines is 1. The van der Waals surface area contributed by atoms with E-state index in [-0.39, 0.29) is 35.4 Å². The van der Waals surface area contributed by atoms with Crippen LogP contribution in [-0.4, -0.2) is 51.4 Å². The third-order valence-electron chi connectivity index (χ3n) is 7.21. The van der Waals surface area contributed by atoms with Gasteiger partial charge in [-0.2, -0.15) is 0 Å². The fourth-order valence-corrected chi connectivity index (χ4v) is 6.42. The van der Waals surface area contributed by atoms with E-state index >= 15 is 0 Å². The Kier molecular flexibility index (Phi) is 11.6. The average molecular weight is 648 g/mol. The van der Waals surface area contributed by atoms with Gasteiger partial charge in [0, 0.05) is 30.6 Å². The van der Waals surface area contributed by atoms with E-state index in [9.17, 15) is 18.0 Å². The predicted octanol–water partition coefficient (Wildman–Crippen LogP) is 5.96. The lowest BCUT2D eigenvalue weighted by molar-refractivity contribution is -0.140. The number of hydrogen-bond acceptors (Lipinski definition) is 5. The zero-order chi connectivity index (χ0) is 32.4. The smallest absolute Gasteiger partial charge is 0.264 e. The van der Waals surface area contributed by atoms with Crippen LogP contribution < -0.4 is 14.4 Å². The zero-order valence-corrected chi connectivity index (χ0v) is 27.2. The minimum absolute atomic E-state index is 0.0115. The highest BCUT2D eigenvalue weighted by molar-refractivity contribution is 7.92. The number of carbonyl (C=O) groups excluding carboxylic acids is 2. The number of sulfonamides is 1. The third kappa shape index (κ3) is 8.86. The largest absolute Gasteiger partial charge is 0.497 e. The molecule has 4 rings (SSSR count). The first-order chi connectivity index (χ1) is 21.6. The molecule has 4 aromatic rings. The Morgan fingerprint density at radius 2 is 1.51 bits per heavy atom. The SMILES string of the molecule is COc1cccc(N(CC(=O)N(Cc2ccccc2Cl)[C@@H](Cc2ccccc2)C(=O)NCC(C)C)S(=O)(=O)c2ccccc2)c1. The van der Waals surface area contributed by atoms with E-state index in [1.165, 1.54) is 24.1 Å². The van der Waals surface area contributed by atoms with Gasteiger partial charge in [-0.1, -0.05) is 98.2 Å². The molecule has 0 saturated carbocycles. The van der Waals surface area contributed by atoms with E-state index in [1.807, 2.05) is 44.2 Å². The third-order valence-corrected chi connectivity index (χ3v) is 9.36. The van der Waals surface area contributed by atoms with Gasteiger partial charge in [0.1, 0.15) is 18.3 Å². The van der Waals surface area contributed by atoms with Gasteiger partial charge >= 0.3 is 0 Å². The molecule has 0 fully saturated rings. The first-order valence-electron chi connectivity index (χ1n) is 14.7. The molecule has 0 aliphatic heterocycles. The molecule has 0 radical (unpaired) electrons. The number of halogens is 1. The maximum absolute atomic E-state index is 14.5. The Hall–Kier alpha value is -4.34. The van der Waals surface area contributed by atoms with Gasteiger partial charge in [0.2, 0.25) is 11.8 Å². The average Bonchev–Trinajstić information content (AvgIpc) is 3.05. The Labute approximate surface area is 270 Å². The maximum atomic E-state index is 14.5. The van der Waals surface area contributed by atoms with Crippen LogP contribution in [0.15, 0.2) is 114 Å². The minimum Gasteiger partial charge on any atom is -0.497 e. The molecule has 0 spiro atoms. The van der Waals surface area contributed by atoms with Gasteiger partial charge in [-0.05, 0) is 47.4 Å². The van der Waals surface area contributed by atoms with Crippen molar-refractivity contribution in [3.05, 3.63) is 125 Å². The summed E-state index contributed by atoms with van der Waals surface area (Å²) >= 11 is 6.55. The van der Waals surface area contributed by atoms with E-state index in [4.69, 9.17) is 16.3 Å². The van der Waals surface area contributed by atoms with Gasteiger partial charge in [0.15, 0.2) is 0 Å². The van der Waals surface area contributed by atoms with Crippen LogP contribution in [0.1, 0.15) is 25.0 Å². The summed E-state index contributed by atoms with van der Waals surface area (Å²) in [5.41, 5.74) is 1.72. The van der Waals surface area contributed by atoms with Gasteiger partial charge in [-0.15, -0.1) is 0 Å². The summed E-state index contributed by atoms with van der Waals surface area (Å²) < 4.78 is 34.6. The topological polar surface area (TPSA) is 96.0 Å². The summed E-state index contributed by atoms with van der Waals surface area (Å²) in [5, 5.41) is 3.41. The molecule has 1 atom stereocenters. The lowest BCUT2D eigenvalue weighted by Gasteiger charge is -2.34. The van der Waals surface area contributed by atoms with Crippen molar-refractivity contribution in [2.24, 2.45) is 5.92 Å². The number of ether oxygens (including phenoxy) is 1. The number of carbonyl (C=O) groups is 2. The van der Waals surface area contributed by atoms with Crippen LogP contribution in [0.2, 0.25) is 5.02 Å². The van der Waals surface area contributed by atoms with E-state index < -0.39 is 28.5 Å². The van der Waals surface area contributed by atoms with Crippen LogP contribution in [-0.2, 0) is 32.6 Å². The van der Waals surface area contributed by atoms with E-state index in [0.717, 1.165) is 9.87 Å². The molecule has 0 aliphatic rings. The Bertz CT molecular complexity index is 1680. The second-order valence-electron chi connectivity index (χ2n) is 11.0. The van der Waals surface area contributed by atoms with E-state index in [0.29, 0.717) is 22.9 Å². The number of methoxy groups -OCH3 is 1. The highest BCUT2D eigenvalue weighted by Gasteiger charge is 2.35. The lowest BCUT2D eigenvalue weighted by Crippen LogP contribution is -2.53. The first kappa shape index (κ1) is 33.6. The van der Waals surface area contributed by atoms with Crippen LogP contribution in [0.25, 0.3) is 0 Å². The van der Waals surface area contributed by atoms with Crippen molar-refractivity contribution in [3.8, 4) is 5.75 Å². The van der Waals surface area contributed by atoms with Gasteiger partial charge in [0.05, 0.1) is 17.7 Å². The molecule has 236 valence electrons. The molecule has 45 heavy (non-hydrogen) atoms. The van der Waals surface area contributed by atoms with Crippen molar-refractivity contribution in [1.29, 1.82) is 0 Å². The first-order valence-corrected chi connectivity index (χ1v) is 16.5. The molecule has 0 saturated heterocycles. The fourth-order valence-electron chi connectivity index (χ4n) is 4.80. The summed E-state index contributed by atoms with van der Waals surface area (Å²) in [7, 11) is -2.73. The lowest BCUT2D eigenvalue weighted by atomic mass is 10.0. The monoisotopic (exact) mass is 647 g/mol. The standard InChI is InChI=1S/C35H38ClN3O5S/c1-26(2)23-37-35(41)33(21-27-13-6-4-7-14-27)38(24-28-15-10-11-20-32(28)36)34(40)25-39(29-16-12-17-30(22-29)44-3)45(42,43)31-18-8-5-9-19-31/h4-20,22,26,33H,21,23-25H2,1-3H3,(H,37,41)/t33-/m0/s1.